The van der Waals surface area contributed by atoms with Crippen molar-refractivity contribution in [3.8, 4) is 5.69 Å². The molecule has 2 aliphatic heterocycles. The molecule has 164 valence electrons. The highest BCUT2D eigenvalue weighted by Gasteiger charge is 2.42. The van der Waals surface area contributed by atoms with E-state index >= 15 is 0 Å². The summed E-state index contributed by atoms with van der Waals surface area (Å²) in [4.78, 5) is 27.6. The third kappa shape index (κ3) is 4.94. The Hall–Kier alpha value is -2.37. The number of rotatable bonds is 7. The van der Waals surface area contributed by atoms with Gasteiger partial charge in [0.1, 0.15) is 0 Å². The molecule has 31 heavy (non-hydrogen) atoms. The van der Waals surface area contributed by atoms with Crippen molar-refractivity contribution >= 4 is 35.4 Å². The molecular weight excluding hydrogens is 436 g/mol. The van der Waals surface area contributed by atoms with Crippen LogP contribution in [0.2, 0.25) is 0 Å². The van der Waals surface area contributed by atoms with Gasteiger partial charge in [0, 0.05) is 17.7 Å². The molecule has 11 heteroatoms. The Morgan fingerprint density at radius 3 is 2.90 bits per heavy atom. The Balaban J connectivity index is 1.44. The zero-order valence-electron chi connectivity index (χ0n) is 17.4. The number of ether oxygens (including phenoxy) is 1. The summed E-state index contributed by atoms with van der Waals surface area (Å²) in [6.45, 7) is 3.89. The average Bonchev–Trinajstić information content (AvgIpc) is 3.37. The molecule has 0 spiro atoms. The molecule has 1 aromatic heterocycles. The summed E-state index contributed by atoms with van der Waals surface area (Å²) in [7, 11) is 2.07. The molecule has 1 amide bonds. The Kier molecular flexibility index (Phi) is 6.93. The third-order valence-corrected chi connectivity index (χ3v) is 7.43. The maximum absolute atomic E-state index is 12.7. The molecular formula is C20H24N6O3S2. The van der Waals surface area contributed by atoms with Crippen LogP contribution in [-0.2, 0) is 14.3 Å². The van der Waals surface area contributed by atoms with Crippen LogP contribution < -0.4 is 5.32 Å². The molecule has 0 saturated carbocycles. The van der Waals surface area contributed by atoms with E-state index in [1.54, 1.807) is 23.4 Å². The second kappa shape index (κ2) is 9.84. The number of amides is 1. The Morgan fingerprint density at radius 2 is 2.13 bits per heavy atom. The lowest BCUT2D eigenvalue weighted by atomic mass is 9.89. The van der Waals surface area contributed by atoms with Crippen molar-refractivity contribution < 1.29 is 14.3 Å². The lowest BCUT2D eigenvalue weighted by Gasteiger charge is -2.32. The van der Waals surface area contributed by atoms with Crippen molar-refractivity contribution in [2.75, 3.05) is 32.5 Å². The summed E-state index contributed by atoms with van der Waals surface area (Å²) < 4.78 is 6.88. The first-order valence-corrected chi connectivity index (χ1v) is 12.0. The molecule has 1 aromatic carbocycles. The molecule has 2 aliphatic rings. The molecule has 1 N–H and O–H groups in total. The number of piperidine rings is 1. The topological polar surface area (TPSA) is 102 Å². The first-order chi connectivity index (χ1) is 15.1. The van der Waals surface area contributed by atoms with Gasteiger partial charge in [-0.15, -0.1) is 16.9 Å². The van der Waals surface area contributed by atoms with E-state index in [2.05, 4.69) is 32.8 Å². The molecule has 0 unspecified atom stereocenters. The quantitative estimate of drug-likeness (QED) is 0.489. The van der Waals surface area contributed by atoms with Crippen LogP contribution in [0.5, 0.6) is 0 Å². The van der Waals surface area contributed by atoms with Gasteiger partial charge in [-0.2, -0.15) is 4.68 Å². The summed E-state index contributed by atoms with van der Waals surface area (Å²) in [5.74, 6) is -0.302. The van der Waals surface area contributed by atoms with Gasteiger partial charge >= 0.3 is 5.97 Å². The second-order valence-corrected chi connectivity index (χ2v) is 9.51. The molecule has 3 heterocycles. The Labute approximate surface area is 189 Å². The number of para-hydroxylation sites is 1. The molecule has 9 nitrogen and oxygen atoms in total. The van der Waals surface area contributed by atoms with Crippen LogP contribution in [0.1, 0.15) is 13.3 Å². The minimum Gasteiger partial charge on any atom is -0.463 e. The zero-order valence-corrected chi connectivity index (χ0v) is 19.0. The van der Waals surface area contributed by atoms with Crippen LogP contribution in [0, 0.1) is 5.92 Å². The fraction of sp³-hybridized carbons (Fsp3) is 0.450. The summed E-state index contributed by atoms with van der Waals surface area (Å²) in [6, 6.07) is 9.50. The van der Waals surface area contributed by atoms with E-state index in [9.17, 15) is 9.59 Å². The number of hydrogen-bond donors (Lipinski definition) is 1. The van der Waals surface area contributed by atoms with Crippen LogP contribution in [-0.4, -0.2) is 74.7 Å². The van der Waals surface area contributed by atoms with E-state index in [0.717, 1.165) is 25.2 Å². The number of hydrogen-bond acceptors (Lipinski definition) is 9. The van der Waals surface area contributed by atoms with Gasteiger partial charge in [0.2, 0.25) is 11.1 Å². The number of fused-ring (bicyclic) bond motifs is 1. The predicted octanol–water partition coefficient (Wildman–Crippen LogP) is 1.71. The van der Waals surface area contributed by atoms with Crippen molar-refractivity contribution in [1.29, 1.82) is 0 Å². The zero-order chi connectivity index (χ0) is 21.8. The van der Waals surface area contributed by atoms with Gasteiger partial charge in [-0.3, -0.25) is 4.79 Å². The van der Waals surface area contributed by atoms with E-state index in [0.29, 0.717) is 22.4 Å². The summed E-state index contributed by atoms with van der Waals surface area (Å²) in [5.41, 5.74) is 1.43. The average molecular weight is 461 g/mol. The van der Waals surface area contributed by atoms with Gasteiger partial charge in [0.25, 0.3) is 0 Å². The lowest BCUT2D eigenvalue weighted by Crippen LogP contribution is -2.39. The summed E-state index contributed by atoms with van der Waals surface area (Å²) in [5, 5.41) is 16.1. The van der Waals surface area contributed by atoms with Crippen LogP contribution in [0.15, 0.2) is 46.1 Å². The predicted molar refractivity (Wildman–Crippen MR) is 119 cm³/mol. The molecule has 1 fully saturated rings. The van der Waals surface area contributed by atoms with Crippen LogP contribution >= 0.6 is 23.5 Å². The number of thioether (sulfide) groups is 2. The van der Waals surface area contributed by atoms with E-state index in [1.165, 1.54) is 11.8 Å². The lowest BCUT2D eigenvalue weighted by molar-refractivity contribution is -0.139. The number of esters is 1. The number of carbonyl (C=O) groups is 2. The fourth-order valence-corrected chi connectivity index (χ4v) is 6.04. The minimum absolute atomic E-state index is 0.105. The van der Waals surface area contributed by atoms with Crippen LogP contribution in [0.25, 0.3) is 5.69 Å². The highest BCUT2D eigenvalue weighted by atomic mass is 32.2. The molecule has 0 aliphatic carbocycles. The van der Waals surface area contributed by atoms with E-state index < -0.39 is 0 Å². The highest BCUT2D eigenvalue weighted by molar-refractivity contribution is 8.04. The Morgan fingerprint density at radius 1 is 1.32 bits per heavy atom. The highest BCUT2D eigenvalue weighted by Crippen LogP contribution is 2.45. The smallest absolute Gasteiger partial charge is 0.336 e. The van der Waals surface area contributed by atoms with Crippen LogP contribution in [0.4, 0.5) is 0 Å². The molecule has 0 radical (unpaired) electrons. The molecule has 2 atom stereocenters. The van der Waals surface area contributed by atoms with Crippen molar-refractivity contribution in [2.24, 2.45) is 5.92 Å². The van der Waals surface area contributed by atoms with Gasteiger partial charge in [0.05, 0.1) is 28.6 Å². The van der Waals surface area contributed by atoms with Gasteiger partial charge < -0.3 is 15.0 Å². The number of aromatic nitrogens is 4. The number of tetrazole rings is 1. The van der Waals surface area contributed by atoms with Crippen molar-refractivity contribution in [3.63, 3.8) is 0 Å². The molecule has 4 rings (SSSR count). The van der Waals surface area contributed by atoms with Crippen molar-refractivity contribution in [2.45, 2.75) is 23.8 Å². The third-order valence-electron chi connectivity index (χ3n) is 5.17. The van der Waals surface area contributed by atoms with E-state index in [-0.39, 0.29) is 28.8 Å². The van der Waals surface area contributed by atoms with Gasteiger partial charge in [0.15, 0.2) is 0 Å². The van der Waals surface area contributed by atoms with Crippen molar-refractivity contribution in [1.82, 2.24) is 30.4 Å². The fourth-order valence-electron chi connectivity index (χ4n) is 3.75. The van der Waals surface area contributed by atoms with Crippen molar-refractivity contribution in [3.05, 3.63) is 40.9 Å². The van der Waals surface area contributed by atoms with Gasteiger partial charge in [-0.05, 0) is 49.5 Å². The first kappa shape index (κ1) is 21.8. The van der Waals surface area contributed by atoms with Gasteiger partial charge in [-0.1, -0.05) is 30.0 Å². The molecule has 1 saturated heterocycles. The van der Waals surface area contributed by atoms with Crippen LogP contribution in [0.3, 0.4) is 0 Å². The molecule has 2 aromatic rings. The maximum Gasteiger partial charge on any atom is 0.336 e. The molecule has 0 bridgehead atoms. The number of carbonyl (C=O) groups excluding carboxylic acids is 2. The summed E-state index contributed by atoms with van der Waals surface area (Å²) >= 11 is 2.81. The second-order valence-electron chi connectivity index (χ2n) is 7.32. The monoisotopic (exact) mass is 460 g/mol. The number of nitrogens with one attached hydrogen (secondary N) is 1. The van der Waals surface area contributed by atoms with E-state index in [4.69, 9.17) is 4.74 Å². The summed E-state index contributed by atoms with van der Waals surface area (Å²) in [6.07, 6.45) is 0.877. The largest absolute Gasteiger partial charge is 0.463 e. The number of benzene rings is 1. The SMILES string of the molecule is CCOC(=O)C1=C(NC(=O)CSc2nnnn2-c2ccccc2)S[C@@H]2CN(C)CC[C@H]12. The normalized spacial score (nSPS) is 21.1. The standard InChI is InChI=1S/C20H24N6O3S2/c1-3-29-19(28)17-14-9-10-25(2)11-15(14)31-18(17)21-16(27)12-30-20-22-23-24-26(20)13-7-5-4-6-8-13/h4-8,14-15H,3,9-12H2,1-2H3,(H,21,27)/t14-,15+/m0/s1. The minimum atomic E-state index is -0.331. The van der Waals surface area contributed by atoms with Gasteiger partial charge in [-0.25, -0.2) is 4.79 Å². The number of nitrogens with zero attached hydrogens (tertiary/aromatic N) is 5. The van der Waals surface area contributed by atoms with E-state index in [1.807, 2.05) is 30.3 Å². The number of likely N-dealkylation sites (tertiary alicyclic amines) is 1. The Bertz CT molecular complexity index is 980. The first-order valence-electron chi connectivity index (χ1n) is 10.1. The maximum atomic E-state index is 12.7.